The zero-order valence-electron chi connectivity index (χ0n) is 34.2. The molecule has 0 radical (unpaired) electrons. The van der Waals surface area contributed by atoms with Crippen molar-refractivity contribution in [3.63, 3.8) is 0 Å². The summed E-state index contributed by atoms with van der Waals surface area (Å²) in [5.41, 5.74) is 16.5. The molecule has 4 rings (SSSR count). The van der Waals surface area contributed by atoms with E-state index >= 15 is 0 Å². The molecule has 0 aliphatic rings. The maximum Gasteiger partial charge on any atom is 0.315 e. The summed E-state index contributed by atoms with van der Waals surface area (Å²) in [6, 6.07) is 21.3. The summed E-state index contributed by atoms with van der Waals surface area (Å²) >= 11 is 0. The van der Waals surface area contributed by atoms with Crippen molar-refractivity contribution in [3.05, 3.63) is 129 Å². The van der Waals surface area contributed by atoms with Gasteiger partial charge in [-0.25, -0.2) is 30.4 Å². The van der Waals surface area contributed by atoms with Crippen LogP contribution in [0.1, 0.15) is 86.1 Å². The minimum absolute atomic E-state index is 0.0273. The highest BCUT2D eigenvalue weighted by Crippen LogP contribution is 2.25. The number of carbonyl (C=O) groups is 1. The van der Waals surface area contributed by atoms with Crippen LogP contribution in [-0.2, 0) is 57.1 Å². The standard InChI is InChI=1S/C22H26FN3O3S.C11H17N.C10H11FN2O2S/c1-6-17-11-16(12-19(23)20(17)26-30(5,28)29)14-25-21(27)24-13-15-7-9-18(10-8-15)22(2,3)4;1-11(2,3)10-6-4-9(8-12)5-7-10;1-3-8-4-7(6-12)5-9(11)10(8)13-16(2,14)15/h1,7-12,26H,13-14H2,2-5H3,(H2,24,25,27);4-7H,8,12H2,1-3H3;1,4-5,13H,6,12H2,2H3. The van der Waals surface area contributed by atoms with Crippen LogP contribution in [0.3, 0.4) is 0 Å². The van der Waals surface area contributed by atoms with Gasteiger partial charge in [0.2, 0.25) is 20.0 Å². The number of amides is 2. The van der Waals surface area contributed by atoms with Crippen molar-refractivity contribution < 1.29 is 30.4 Å². The first-order valence-corrected chi connectivity index (χ1v) is 21.7. The third kappa shape index (κ3) is 16.6. The Morgan fingerprint density at radius 2 is 0.948 bits per heavy atom. The third-order valence-corrected chi connectivity index (χ3v) is 9.35. The Balaban J connectivity index is 0.000000344. The van der Waals surface area contributed by atoms with Gasteiger partial charge in [0.25, 0.3) is 0 Å². The van der Waals surface area contributed by atoms with Gasteiger partial charge in [-0.3, -0.25) is 9.44 Å². The normalized spacial score (nSPS) is 11.3. The molecule has 0 saturated carbocycles. The fourth-order valence-corrected chi connectivity index (χ4v) is 6.20. The van der Waals surface area contributed by atoms with Crippen LogP contribution in [-0.4, -0.2) is 35.4 Å². The average molecular weight is 837 g/mol. The fraction of sp³-hybridized carbons (Fsp3) is 0.326. The van der Waals surface area contributed by atoms with Gasteiger partial charge in [-0.05, 0) is 68.5 Å². The van der Waals surface area contributed by atoms with Gasteiger partial charge in [0, 0.05) is 26.2 Å². The zero-order valence-corrected chi connectivity index (χ0v) is 35.8. The number of urea groups is 1. The first-order chi connectivity index (χ1) is 26.8. The second kappa shape index (κ2) is 20.8. The van der Waals surface area contributed by atoms with Crippen molar-refractivity contribution in [3.8, 4) is 24.7 Å². The Labute approximate surface area is 342 Å². The number of benzene rings is 4. The van der Waals surface area contributed by atoms with Crippen LogP contribution in [0, 0.1) is 36.3 Å². The number of carbonyl (C=O) groups excluding carboxylic acids is 1. The highest BCUT2D eigenvalue weighted by Gasteiger charge is 2.16. The molecular formula is C43H54F2N6O5S2. The molecule has 15 heteroatoms. The monoisotopic (exact) mass is 836 g/mol. The summed E-state index contributed by atoms with van der Waals surface area (Å²) in [7, 11) is -7.25. The highest BCUT2D eigenvalue weighted by molar-refractivity contribution is 7.92. The number of nitrogens with two attached hydrogens (primary N) is 2. The molecule has 0 aromatic heterocycles. The van der Waals surface area contributed by atoms with E-state index in [0.29, 0.717) is 24.2 Å². The molecule has 8 N–H and O–H groups in total. The second-order valence-corrected chi connectivity index (χ2v) is 18.9. The lowest BCUT2D eigenvalue weighted by molar-refractivity contribution is 0.240. The van der Waals surface area contributed by atoms with Gasteiger partial charge < -0.3 is 22.1 Å². The fourth-order valence-electron chi connectivity index (χ4n) is 5.04. The van der Waals surface area contributed by atoms with Crippen molar-refractivity contribution in [2.45, 2.75) is 78.6 Å². The van der Waals surface area contributed by atoms with Crippen molar-refractivity contribution in [1.29, 1.82) is 0 Å². The van der Waals surface area contributed by atoms with Crippen LogP contribution in [0.25, 0.3) is 0 Å². The molecule has 0 aliphatic heterocycles. The second-order valence-electron chi connectivity index (χ2n) is 15.4. The number of sulfonamides is 2. The van der Waals surface area contributed by atoms with E-state index in [1.165, 1.54) is 28.8 Å². The molecule has 0 bridgehead atoms. The molecule has 58 heavy (non-hydrogen) atoms. The lowest BCUT2D eigenvalue weighted by Gasteiger charge is -2.19. The van der Waals surface area contributed by atoms with Gasteiger partial charge in [0.05, 0.1) is 35.0 Å². The van der Waals surface area contributed by atoms with Crippen molar-refractivity contribution >= 4 is 37.5 Å². The molecule has 312 valence electrons. The summed E-state index contributed by atoms with van der Waals surface area (Å²) in [6.07, 6.45) is 12.4. The Bertz CT molecular complexity index is 2340. The van der Waals surface area contributed by atoms with E-state index in [1.807, 2.05) is 29.0 Å². The average Bonchev–Trinajstić information content (AvgIpc) is 3.13. The molecule has 11 nitrogen and oxygen atoms in total. The number of nitrogens with one attached hydrogen (secondary N) is 4. The maximum absolute atomic E-state index is 14.3. The van der Waals surface area contributed by atoms with Crippen LogP contribution in [0.5, 0.6) is 0 Å². The van der Waals surface area contributed by atoms with Crippen molar-refractivity contribution in [1.82, 2.24) is 10.6 Å². The maximum atomic E-state index is 14.3. The predicted molar refractivity (Wildman–Crippen MR) is 231 cm³/mol. The molecule has 4 aromatic carbocycles. The Kier molecular flexibility index (Phi) is 17.5. The van der Waals surface area contributed by atoms with E-state index in [9.17, 15) is 30.4 Å². The van der Waals surface area contributed by atoms with E-state index < -0.39 is 37.7 Å². The first-order valence-electron chi connectivity index (χ1n) is 17.9. The number of hydrogen-bond donors (Lipinski definition) is 6. The first kappa shape index (κ1) is 48.7. The minimum Gasteiger partial charge on any atom is -0.334 e. The number of halogens is 2. The molecule has 2 amide bonds. The summed E-state index contributed by atoms with van der Waals surface area (Å²) in [5, 5.41) is 5.36. The molecule has 0 atom stereocenters. The van der Waals surface area contributed by atoms with Crippen LogP contribution < -0.4 is 31.5 Å². The summed E-state index contributed by atoms with van der Waals surface area (Å²) < 4.78 is 76.7. The summed E-state index contributed by atoms with van der Waals surface area (Å²) in [4.78, 5) is 12.1. The molecule has 0 aliphatic carbocycles. The molecular weight excluding hydrogens is 783 g/mol. The molecule has 0 unspecified atom stereocenters. The predicted octanol–water partition coefficient (Wildman–Crippen LogP) is 6.56. The molecule has 0 saturated heterocycles. The molecule has 0 spiro atoms. The van der Waals surface area contributed by atoms with E-state index in [4.69, 9.17) is 24.3 Å². The zero-order chi connectivity index (χ0) is 44.1. The Hall–Kier alpha value is -5.45. The summed E-state index contributed by atoms with van der Waals surface area (Å²) in [6.45, 7) is 14.2. The smallest absolute Gasteiger partial charge is 0.315 e. The number of rotatable bonds is 10. The largest absolute Gasteiger partial charge is 0.334 e. The van der Waals surface area contributed by atoms with Gasteiger partial charge in [-0.1, -0.05) is 102 Å². The van der Waals surface area contributed by atoms with Gasteiger partial charge in [0.15, 0.2) is 0 Å². The quantitative estimate of drug-likeness (QED) is 0.0978. The number of hydrogen-bond acceptors (Lipinski definition) is 7. The van der Waals surface area contributed by atoms with Crippen LogP contribution >= 0.6 is 0 Å². The lowest BCUT2D eigenvalue weighted by atomic mass is 9.87. The molecule has 4 aromatic rings. The van der Waals surface area contributed by atoms with Crippen LogP contribution in [0.2, 0.25) is 0 Å². The van der Waals surface area contributed by atoms with Crippen LogP contribution in [0.4, 0.5) is 25.0 Å². The van der Waals surface area contributed by atoms with Gasteiger partial charge in [-0.2, -0.15) is 0 Å². The van der Waals surface area contributed by atoms with Gasteiger partial charge >= 0.3 is 6.03 Å². The molecule has 0 heterocycles. The van der Waals surface area contributed by atoms with E-state index in [0.717, 1.165) is 30.2 Å². The van der Waals surface area contributed by atoms with Gasteiger partial charge in [0.1, 0.15) is 11.6 Å². The molecule has 0 fully saturated rings. The lowest BCUT2D eigenvalue weighted by Crippen LogP contribution is -2.34. The highest BCUT2D eigenvalue weighted by atomic mass is 32.2. The SMILES string of the molecule is C#Cc1cc(CN)cc(F)c1NS(C)(=O)=O.C#Cc1cc(CNC(=O)NCc2ccc(C(C)(C)C)cc2)cc(F)c1NS(C)(=O)=O.CC(C)(C)c1ccc(CN)cc1. The van der Waals surface area contributed by atoms with Gasteiger partial charge in [-0.15, -0.1) is 12.8 Å². The summed E-state index contributed by atoms with van der Waals surface area (Å²) in [5.74, 6) is 2.92. The number of terminal acetylenes is 2. The third-order valence-electron chi connectivity index (χ3n) is 8.20. The Morgan fingerprint density at radius 1 is 0.603 bits per heavy atom. The van der Waals surface area contributed by atoms with Crippen molar-refractivity contribution in [2.24, 2.45) is 11.5 Å². The van der Waals surface area contributed by atoms with E-state index in [1.54, 1.807) is 0 Å². The van der Waals surface area contributed by atoms with E-state index in [2.05, 4.69) is 93.0 Å². The van der Waals surface area contributed by atoms with Crippen molar-refractivity contribution in [2.75, 3.05) is 22.0 Å². The number of anilines is 2. The Morgan fingerprint density at radius 3 is 1.29 bits per heavy atom. The topological polar surface area (TPSA) is 186 Å². The minimum atomic E-state index is -3.68. The van der Waals surface area contributed by atoms with Crippen LogP contribution in [0.15, 0.2) is 72.8 Å². The van der Waals surface area contributed by atoms with E-state index in [-0.39, 0.29) is 46.4 Å².